The third-order valence-electron chi connectivity index (χ3n) is 3.71. The second-order valence-corrected chi connectivity index (χ2v) is 5.64. The van der Waals surface area contributed by atoms with Gasteiger partial charge in [0.1, 0.15) is 0 Å². The largest absolute Gasteiger partial charge is 0.374 e. The minimum atomic E-state index is 0.168. The molecule has 0 saturated carbocycles. The Bertz CT molecular complexity index is 255. The summed E-state index contributed by atoms with van der Waals surface area (Å²) in [5.74, 6) is 0.577. The number of likely N-dealkylation sites (N-methyl/N-ethyl adjacent to an activating group) is 1. The van der Waals surface area contributed by atoms with Crippen LogP contribution in [0, 0.1) is 0 Å². The zero-order valence-corrected chi connectivity index (χ0v) is 12.2. The number of hydrogen-bond acceptors (Lipinski definition) is 4. The summed E-state index contributed by atoms with van der Waals surface area (Å²) in [7, 11) is 0. The number of nitrogens with zero attached hydrogens (tertiary/aromatic N) is 2. The van der Waals surface area contributed by atoms with E-state index in [0.717, 1.165) is 45.9 Å². The lowest BCUT2D eigenvalue weighted by atomic mass is 10.2. The molecule has 0 radical (unpaired) electrons. The van der Waals surface area contributed by atoms with Crippen LogP contribution in [0.1, 0.15) is 13.8 Å². The molecule has 0 spiro atoms. The Kier molecular flexibility index (Phi) is 5.70. The normalized spacial score (nSPS) is 35.8. The zero-order chi connectivity index (χ0) is 13.0. The van der Waals surface area contributed by atoms with Crippen molar-refractivity contribution in [2.75, 3.05) is 51.8 Å². The standard InChI is InChI=1S/C13H25ClN2O2/c1-3-15-4-5-17-13(9-15)10-16-7-11(2)18-12(6-14)8-16/h11-13H,3-10H2,1-2H3. The number of hydrogen-bond donors (Lipinski definition) is 0. The molecule has 0 aromatic carbocycles. The third-order valence-corrected chi connectivity index (χ3v) is 4.05. The summed E-state index contributed by atoms with van der Waals surface area (Å²) in [5.41, 5.74) is 0. The van der Waals surface area contributed by atoms with E-state index in [1.165, 1.54) is 0 Å². The monoisotopic (exact) mass is 276 g/mol. The van der Waals surface area contributed by atoms with Crippen LogP contribution in [0.2, 0.25) is 0 Å². The molecule has 0 amide bonds. The van der Waals surface area contributed by atoms with E-state index in [2.05, 4.69) is 23.6 Å². The minimum absolute atomic E-state index is 0.168. The van der Waals surface area contributed by atoms with Gasteiger partial charge in [0.2, 0.25) is 0 Å². The van der Waals surface area contributed by atoms with Gasteiger partial charge in [0.05, 0.1) is 24.9 Å². The van der Waals surface area contributed by atoms with E-state index in [9.17, 15) is 0 Å². The van der Waals surface area contributed by atoms with Gasteiger partial charge in [0.15, 0.2) is 0 Å². The Morgan fingerprint density at radius 1 is 1.17 bits per heavy atom. The van der Waals surface area contributed by atoms with Crippen LogP contribution in [0.15, 0.2) is 0 Å². The van der Waals surface area contributed by atoms with Crippen molar-refractivity contribution in [3.8, 4) is 0 Å². The van der Waals surface area contributed by atoms with Crippen molar-refractivity contribution >= 4 is 11.6 Å². The van der Waals surface area contributed by atoms with Crippen LogP contribution in [0.25, 0.3) is 0 Å². The van der Waals surface area contributed by atoms with Crippen LogP contribution in [0.3, 0.4) is 0 Å². The Balaban J connectivity index is 1.80. The average molecular weight is 277 g/mol. The summed E-state index contributed by atoms with van der Waals surface area (Å²) in [4.78, 5) is 4.89. The summed E-state index contributed by atoms with van der Waals surface area (Å²) in [6.07, 6.45) is 0.773. The van der Waals surface area contributed by atoms with Gasteiger partial charge in [-0.25, -0.2) is 0 Å². The van der Waals surface area contributed by atoms with E-state index in [1.54, 1.807) is 0 Å². The number of rotatable bonds is 4. The lowest BCUT2D eigenvalue weighted by molar-refractivity contribution is -0.0936. The molecule has 2 aliphatic heterocycles. The molecule has 2 heterocycles. The van der Waals surface area contributed by atoms with E-state index in [4.69, 9.17) is 21.1 Å². The zero-order valence-electron chi connectivity index (χ0n) is 11.5. The lowest BCUT2D eigenvalue weighted by Gasteiger charge is -2.40. The van der Waals surface area contributed by atoms with E-state index >= 15 is 0 Å². The number of alkyl halides is 1. The molecule has 3 atom stereocenters. The van der Waals surface area contributed by atoms with Crippen molar-refractivity contribution in [1.82, 2.24) is 9.80 Å². The fraction of sp³-hybridized carbons (Fsp3) is 1.00. The molecule has 2 aliphatic rings. The van der Waals surface area contributed by atoms with Gasteiger partial charge in [-0.05, 0) is 13.5 Å². The van der Waals surface area contributed by atoms with Gasteiger partial charge in [-0.1, -0.05) is 6.92 Å². The Hall–Kier alpha value is 0.130. The van der Waals surface area contributed by atoms with Crippen LogP contribution in [-0.2, 0) is 9.47 Å². The molecule has 2 fully saturated rings. The third kappa shape index (κ3) is 4.07. The van der Waals surface area contributed by atoms with E-state index in [0.29, 0.717) is 12.0 Å². The summed E-state index contributed by atoms with van der Waals surface area (Å²) in [6.45, 7) is 11.3. The number of halogens is 1. The van der Waals surface area contributed by atoms with Crippen LogP contribution in [0.5, 0.6) is 0 Å². The molecule has 4 nitrogen and oxygen atoms in total. The van der Waals surface area contributed by atoms with Gasteiger partial charge in [0, 0.05) is 38.6 Å². The SMILES string of the molecule is CCN1CCOC(CN2CC(C)OC(CCl)C2)C1. The molecule has 106 valence electrons. The Morgan fingerprint density at radius 2 is 1.94 bits per heavy atom. The number of ether oxygens (including phenoxy) is 2. The first-order chi connectivity index (χ1) is 8.71. The molecule has 3 unspecified atom stereocenters. The average Bonchev–Trinajstić information content (AvgIpc) is 2.38. The molecule has 0 aliphatic carbocycles. The van der Waals surface area contributed by atoms with Gasteiger partial charge in [-0.15, -0.1) is 11.6 Å². The van der Waals surface area contributed by atoms with Crippen LogP contribution < -0.4 is 0 Å². The van der Waals surface area contributed by atoms with E-state index < -0.39 is 0 Å². The molecule has 0 aromatic rings. The predicted molar refractivity (Wildman–Crippen MR) is 73.3 cm³/mol. The molecule has 2 rings (SSSR count). The van der Waals surface area contributed by atoms with Gasteiger partial charge in [-0.2, -0.15) is 0 Å². The quantitative estimate of drug-likeness (QED) is 0.717. The van der Waals surface area contributed by atoms with Crippen molar-refractivity contribution in [1.29, 1.82) is 0 Å². The second kappa shape index (κ2) is 7.06. The molecule has 0 bridgehead atoms. The fourth-order valence-corrected chi connectivity index (χ4v) is 3.01. The first-order valence-corrected chi connectivity index (χ1v) is 7.52. The molecule has 18 heavy (non-hydrogen) atoms. The van der Waals surface area contributed by atoms with E-state index in [-0.39, 0.29) is 12.2 Å². The van der Waals surface area contributed by atoms with Gasteiger partial charge in [-0.3, -0.25) is 9.80 Å². The maximum atomic E-state index is 5.91. The topological polar surface area (TPSA) is 24.9 Å². The Labute approximate surface area is 115 Å². The van der Waals surface area contributed by atoms with Crippen molar-refractivity contribution in [3.05, 3.63) is 0 Å². The molecular formula is C13H25ClN2O2. The van der Waals surface area contributed by atoms with Crippen LogP contribution >= 0.6 is 11.6 Å². The highest BCUT2D eigenvalue weighted by molar-refractivity contribution is 6.18. The lowest BCUT2D eigenvalue weighted by Crippen LogP contribution is -2.53. The predicted octanol–water partition coefficient (Wildman–Crippen LogP) is 1.04. The molecule has 0 aromatic heterocycles. The minimum Gasteiger partial charge on any atom is -0.374 e. The summed E-state index contributed by atoms with van der Waals surface area (Å²) >= 11 is 5.91. The smallest absolute Gasteiger partial charge is 0.0841 e. The van der Waals surface area contributed by atoms with E-state index in [1.807, 2.05) is 0 Å². The summed E-state index contributed by atoms with van der Waals surface area (Å²) in [5, 5.41) is 0. The fourth-order valence-electron chi connectivity index (χ4n) is 2.84. The van der Waals surface area contributed by atoms with Gasteiger partial charge >= 0.3 is 0 Å². The van der Waals surface area contributed by atoms with Crippen LogP contribution in [-0.4, -0.2) is 79.9 Å². The van der Waals surface area contributed by atoms with Crippen molar-refractivity contribution in [3.63, 3.8) is 0 Å². The van der Waals surface area contributed by atoms with Crippen molar-refractivity contribution in [2.45, 2.75) is 32.2 Å². The van der Waals surface area contributed by atoms with Gasteiger partial charge in [0.25, 0.3) is 0 Å². The Morgan fingerprint density at radius 3 is 2.67 bits per heavy atom. The van der Waals surface area contributed by atoms with Gasteiger partial charge < -0.3 is 9.47 Å². The first kappa shape index (κ1) is 14.5. The van der Waals surface area contributed by atoms with Crippen molar-refractivity contribution in [2.24, 2.45) is 0 Å². The van der Waals surface area contributed by atoms with Crippen molar-refractivity contribution < 1.29 is 9.47 Å². The maximum Gasteiger partial charge on any atom is 0.0841 e. The summed E-state index contributed by atoms with van der Waals surface area (Å²) < 4.78 is 11.6. The highest BCUT2D eigenvalue weighted by atomic mass is 35.5. The maximum absolute atomic E-state index is 5.91. The highest BCUT2D eigenvalue weighted by Crippen LogP contribution is 2.14. The molecular weight excluding hydrogens is 252 g/mol. The summed E-state index contributed by atoms with van der Waals surface area (Å²) in [6, 6.07) is 0. The second-order valence-electron chi connectivity index (χ2n) is 5.33. The van der Waals surface area contributed by atoms with Crippen LogP contribution in [0.4, 0.5) is 0 Å². The first-order valence-electron chi connectivity index (χ1n) is 6.99. The molecule has 0 N–H and O–H groups in total. The number of morpholine rings is 2. The highest BCUT2D eigenvalue weighted by Gasteiger charge is 2.28. The molecule has 5 heteroatoms. The molecule has 2 saturated heterocycles.